The van der Waals surface area contributed by atoms with E-state index in [1.165, 1.54) is 11.1 Å². The Labute approximate surface area is 160 Å². The van der Waals surface area contributed by atoms with Crippen LogP contribution in [0.2, 0.25) is 0 Å². The third-order valence-corrected chi connectivity index (χ3v) is 5.32. The Balaban J connectivity index is 1.56. The van der Waals surface area contributed by atoms with E-state index in [1.54, 1.807) is 6.33 Å². The van der Waals surface area contributed by atoms with E-state index in [1.807, 2.05) is 10.7 Å². The van der Waals surface area contributed by atoms with Crippen LogP contribution in [0.5, 0.6) is 0 Å². The van der Waals surface area contributed by atoms with Crippen molar-refractivity contribution in [3.8, 4) is 0 Å². The number of nitrogens with zero attached hydrogens (tertiary/aromatic N) is 4. The fourth-order valence-electron chi connectivity index (χ4n) is 3.77. The number of aryl methyl sites for hydroxylation is 1. The van der Waals surface area contributed by atoms with Crippen LogP contribution in [0.1, 0.15) is 37.3 Å². The molecule has 142 valence electrons. The van der Waals surface area contributed by atoms with Gasteiger partial charge in [0.25, 0.3) is 0 Å². The Morgan fingerprint density at radius 1 is 1.15 bits per heavy atom. The fraction of sp³-hybridized carbons (Fsp3) is 0.429. The van der Waals surface area contributed by atoms with Crippen LogP contribution in [-0.4, -0.2) is 38.6 Å². The molecule has 27 heavy (non-hydrogen) atoms. The summed E-state index contributed by atoms with van der Waals surface area (Å²) in [5.41, 5.74) is 10.7. The first-order valence-electron chi connectivity index (χ1n) is 9.88. The van der Waals surface area contributed by atoms with Crippen molar-refractivity contribution >= 4 is 17.0 Å². The molecule has 3 aromatic rings. The van der Waals surface area contributed by atoms with Gasteiger partial charge in [0, 0.05) is 24.5 Å². The van der Waals surface area contributed by atoms with Crippen LogP contribution in [0, 0.1) is 0 Å². The molecule has 3 heterocycles. The Kier molecular flexibility index (Phi) is 5.36. The molecule has 3 N–H and O–H groups in total. The summed E-state index contributed by atoms with van der Waals surface area (Å²) in [7, 11) is 0. The van der Waals surface area contributed by atoms with Gasteiger partial charge in [0.2, 0.25) is 0 Å². The number of anilines is 2. The molecule has 0 unspecified atom stereocenters. The van der Waals surface area contributed by atoms with Crippen molar-refractivity contribution in [2.75, 3.05) is 18.4 Å². The zero-order chi connectivity index (χ0) is 18.6. The van der Waals surface area contributed by atoms with Gasteiger partial charge in [-0.3, -0.25) is 4.90 Å². The van der Waals surface area contributed by atoms with Crippen LogP contribution >= 0.6 is 0 Å². The second-order valence-corrected chi connectivity index (χ2v) is 7.43. The lowest BCUT2D eigenvalue weighted by Crippen LogP contribution is -2.39. The van der Waals surface area contributed by atoms with E-state index < -0.39 is 0 Å². The van der Waals surface area contributed by atoms with Crippen LogP contribution in [-0.2, 0) is 13.0 Å². The maximum Gasteiger partial charge on any atom is 0.158 e. The molecule has 0 spiro atoms. The number of hydrogen-bond acceptors (Lipinski definition) is 5. The van der Waals surface area contributed by atoms with Crippen LogP contribution in [0.25, 0.3) is 5.52 Å². The highest BCUT2D eigenvalue weighted by molar-refractivity contribution is 5.76. The van der Waals surface area contributed by atoms with Gasteiger partial charge in [-0.25, -0.2) is 9.50 Å². The third-order valence-electron chi connectivity index (χ3n) is 5.32. The highest BCUT2D eigenvalue weighted by Gasteiger charge is 2.18. The van der Waals surface area contributed by atoms with E-state index in [0.717, 1.165) is 62.3 Å². The zero-order valence-electron chi connectivity index (χ0n) is 15.9. The van der Waals surface area contributed by atoms with E-state index in [0.29, 0.717) is 6.04 Å². The second-order valence-electron chi connectivity index (χ2n) is 7.43. The highest BCUT2D eigenvalue weighted by atomic mass is 15.3. The lowest BCUT2D eigenvalue weighted by molar-refractivity contribution is 0.206. The molecule has 2 aromatic heterocycles. The maximum absolute atomic E-state index is 6.04. The molecular weight excluding hydrogens is 336 g/mol. The van der Waals surface area contributed by atoms with Gasteiger partial charge in [0.05, 0.1) is 0 Å². The van der Waals surface area contributed by atoms with Gasteiger partial charge in [-0.15, -0.1) is 0 Å². The number of piperidine rings is 1. The van der Waals surface area contributed by atoms with Crippen LogP contribution in [0.3, 0.4) is 0 Å². The molecule has 0 aliphatic carbocycles. The number of nitrogens with two attached hydrogens (primary N) is 1. The molecule has 1 aromatic carbocycles. The first kappa shape index (κ1) is 17.9. The number of hydrogen-bond donors (Lipinski definition) is 2. The fourth-order valence-corrected chi connectivity index (χ4v) is 3.77. The van der Waals surface area contributed by atoms with Gasteiger partial charge >= 0.3 is 0 Å². The van der Waals surface area contributed by atoms with E-state index >= 15 is 0 Å². The number of nitrogens with one attached hydrogen (secondary N) is 1. The lowest BCUT2D eigenvalue weighted by Gasteiger charge is -2.29. The minimum atomic E-state index is 0.350. The number of aromatic nitrogens is 3. The molecule has 0 bridgehead atoms. The minimum Gasteiger partial charge on any atom is -0.338 e. The van der Waals surface area contributed by atoms with Crippen molar-refractivity contribution in [2.24, 2.45) is 5.73 Å². The molecule has 1 fully saturated rings. The molecule has 0 saturated carbocycles. The highest BCUT2D eigenvalue weighted by Crippen LogP contribution is 2.25. The molecule has 0 radical (unpaired) electrons. The van der Waals surface area contributed by atoms with Gasteiger partial charge in [0.15, 0.2) is 5.82 Å². The average Bonchev–Trinajstić information content (AvgIpc) is 3.09. The molecule has 1 aliphatic rings. The first-order valence-corrected chi connectivity index (χ1v) is 9.88. The Bertz CT molecular complexity index is 877. The zero-order valence-corrected chi connectivity index (χ0v) is 15.9. The minimum absolute atomic E-state index is 0.350. The van der Waals surface area contributed by atoms with E-state index in [-0.39, 0.29) is 0 Å². The summed E-state index contributed by atoms with van der Waals surface area (Å²) < 4.78 is 1.91. The average molecular weight is 364 g/mol. The normalized spacial score (nSPS) is 16.1. The standard InChI is InChI=1S/C21H28N6/c1-2-3-16-4-6-19(7-5-16)25-21-20-17(8-13-27(20)24-15-23-21)14-26-11-9-18(22)10-12-26/h4-8,13,15,18H,2-3,9-12,14,22H2,1H3,(H,23,24,25). The Morgan fingerprint density at radius 3 is 2.67 bits per heavy atom. The van der Waals surface area contributed by atoms with E-state index in [4.69, 9.17) is 5.73 Å². The van der Waals surface area contributed by atoms with Gasteiger partial charge in [-0.2, -0.15) is 5.10 Å². The van der Waals surface area contributed by atoms with Crippen molar-refractivity contribution in [1.29, 1.82) is 0 Å². The van der Waals surface area contributed by atoms with E-state index in [9.17, 15) is 0 Å². The van der Waals surface area contributed by atoms with Crippen molar-refractivity contribution in [3.63, 3.8) is 0 Å². The van der Waals surface area contributed by atoms with Crippen molar-refractivity contribution in [1.82, 2.24) is 19.5 Å². The third kappa shape index (κ3) is 4.12. The SMILES string of the molecule is CCCc1ccc(Nc2ncnn3ccc(CN4CCC(N)CC4)c23)cc1. The molecule has 6 nitrogen and oxygen atoms in total. The lowest BCUT2D eigenvalue weighted by atomic mass is 10.1. The summed E-state index contributed by atoms with van der Waals surface area (Å²) in [6.45, 7) is 5.20. The summed E-state index contributed by atoms with van der Waals surface area (Å²) in [5.74, 6) is 0.849. The molecule has 1 aliphatic heterocycles. The van der Waals surface area contributed by atoms with Gasteiger partial charge < -0.3 is 11.1 Å². The molecule has 1 saturated heterocycles. The molecule has 0 amide bonds. The smallest absolute Gasteiger partial charge is 0.158 e. The van der Waals surface area contributed by atoms with Gasteiger partial charge in [-0.1, -0.05) is 25.5 Å². The second kappa shape index (κ2) is 8.06. The summed E-state index contributed by atoms with van der Waals surface area (Å²) >= 11 is 0. The topological polar surface area (TPSA) is 71.5 Å². The first-order chi connectivity index (χ1) is 13.2. The summed E-state index contributed by atoms with van der Waals surface area (Å²) in [5, 5.41) is 7.85. The van der Waals surface area contributed by atoms with Gasteiger partial charge in [-0.05, 0) is 61.7 Å². The van der Waals surface area contributed by atoms with Crippen molar-refractivity contribution in [3.05, 3.63) is 54.0 Å². The molecule has 0 atom stereocenters. The number of rotatable bonds is 6. The molecule has 6 heteroatoms. The maximum atomic E-state index is 6.04. The monoisotopic (exact) mass is 364 g/mol. The van der Waals surface area contributed by atoms with Gasteiger partial charge in [0.1, 0.15) is 11.8 Å². The largest absolute Gasteiger partial charge is 0.338 e. The summed E-state index contributed by atoms with van der Waals surface area (Å²) in [6.07, 6.45) is 8.02. The Morgan fingerprint density at radius 2 is 1.93 bits per heavy atom. The van der Waals surface area contributed by atoms with Crippen LogP contribution < -0.4 is 11.1 Å². The predicted molar refractivity (Wildman–Crippen MR) is 109 cm³/mol. The Hall–Kier alpha value is -2.44. The van der Waals surface area contributed by atoms with Crippen LogP contribution in [0.15, 0.2) is 42.9 Å². The number of fused-ring (bicyclic) bond motifs is 1. The predicted octanol–water partition coefficient (Wildman–Crippen LogP) is 3.35. The van der Waals surface area contributed by atoms with Crippen molar-refractivity contribution < 1.29 is 0 Å². The number of likely N-dealkylation sites (tertiary alicyclic amines) is 1. The van der Waals surface area contributed by atoms with Crippen LogP contribution in [0.4, 0.5) is 11.5 Å². The molecular formula is C21H28N6. The quantitative estimate of drug-likeness (QED) is 0.702. The summed E-state index contributed by atoms with van der Waals surface area (Å²) in [4.78, 5) is 6.98. The van der Waals surface area contributed by atoms with Crippen molar-refractivity contribution in [2.45, 2.75) is 45.2 Å². The summed E-state index contributed by atoms with van der Waals surface area (Å²) in [6, 6.07) is 11.1. The number of benzene rings is 1. The molecule has 4 rings (SSSR count). The van der Waals surface area contributed by atoms with E-state index in [2.05, 4.69) is 57.6 Å².